The molecule has 148 valence electrons. The van der Waals surface area contributed by atoms with Crippen molar-refractivity contribution in [2.75, 3.05) is 19.8 Å². The molecule has 0 unspecified atom stereocenters. The Bertz CT molecular complexity index is 614. The van der Waals surface area contributed by atoms with Crippen molar-refractivity contribution in [3.05, 3.63) is 24.3 Å². The Morgan fingerprint density at radius 2 is 1.74 bits per heavy atom. The minimum atomic E-state index is -1.43. The second kappa shape index (κ2) is 10.9. The van der Waals surface area contributed by atoms with Crippen LogP contribution >= 0.6 is 0 Å². The van der Waals surface area contributed by atoms with Crippen molar-refractivity contribution in [2.45, 2.75) is 58.7 Å². The van der Waals surface area contributed by atoms with E-state index in [1.54, 1.807) is 24.3 Å². The Kier molecular flexibility index (Phi) is 8.56. The Morgan fingerprint density at radius 1 is 1.11 bits per heavy atom. The van der Waals surface area contributed by atoms with Gasteiger partial charge in [0.1, 0.15) is 11.5 Å². The number of nitrogens with zero attached hydrogens (tertiary/aromatic N) is 1. The highest BCUT2D eigenvalue weighted by molar-refractivity contribution is 5.82. The first-order valence-electron chi connectivity index (χ1n) is 9.73. The molecule has 1 saturated heterocycles. The molecule has 1 aliphatic rings. The van der Waals surface area contributed by atoms with E-state index in [-0.39, 0.29) is 19.5 Å². The van der Waals surface area contributed by atoms with Crippen LogP contribution in [0.15, 0.2) is 24.3 Å². The van der Waals surface area contributed by atoms with Crippen molar-refractivity contribution in [3.8, 4) is 17.6 Å². The first kappa shape index (κ1) is 21.2. The third-order valence-corrected chi connectivity index (χ3v) is 4.48. The fourth-order valence-electron chi connectivity index (χ4n) is 2.66. The fourth-order valence-corrected chi connectivity index (χ4v) is 2.66. The van der Waals surface area contributed by atoms with Gasteiger partial charge in [-0.3, -0.25) is 0 Å². The van der Waals surface area contributed by atoms with E-state index in [2.05, 4.69) is 13.8 Å². The molecular weight excluding hydrogens is 346 g/mol. The van der Waals surface area contributed by atoms with Crippen LogP contribution < -0.4 is 9.47 Å². The number of hydrogen-bond donors (Lipinski definition) is 0. The van der Waals surface area contributed by atoms with Gasteiger partial charge in [-0.25, -0.2) is 4.79 Å². The average molecular weight is 375 g/mol. The summed E-state index contributed by atoms with van der Waals surface area (Å²) >= 11 is 0. The van der Waals surface area contributed by atoms with Gasteiger partial charge in [0.2, 0.25) is 5.41 Å². The molecule has 0 aromatic heterocycles. The Morgan fingerprint density at radius 3 is 2.33 bits per heavy atom. The van der Waals surface area contributed by atoms with Crippen molar-refractivity contribution in [1.29, 1.82) is 5.26 Å². The molecule has 0 N–H and O–H groups in total. The van der Waals surface area contributed by atoms with Crippen LogP contribution in [0, 0.1) is 16.7 Å². The standard InChI is InChI=1S/C21H29NO5/c1-3-5-7-8-19-25-15-21(14-22,16-26-19)20(23)27-18-11-9-17(10-12-18)24-13-6-4-2/h9-12,19H,3-8,13,15-16H2,1-2H3. The molecule has 0 bridgehead atoms. The number of rotatable bonds is 10. The van der Waals surface area contributed by atoms with E-state index in [1.807, 2.05) is 6.07 Å². The zero-order valence-electron chi connectivity index (χ0n) is 16.2. The number of carbonyl (C=O) groups is 1. The van der Waals surface area contributed by atoms with Crippen molar-refractivity contribution in [2.24, 2.45) is 5.41 Å². The van der Waals surface area contributed by atoms with Crippen LogP contribution in [0.1, 0.15) is 52.4 Å². The summed E-state index contributed by atoms with van der Waals surface area (Å²) in [6.45, 7) is 4.85. The molecule has 1 heterocycles. The molecular formula is C21H29NO5. The maximum Gasteiger partial charge on any atom is 0.336 e. The summed E-state index contributed by atoms with van der Waals surface area (Å²) in [7, 11) is 0. The maximum atomic E-state index is 12.5. The summed E-state index contributed by atoms with van der Waals surface area (Å²) in [6, 6.07) is 8.82. The van der Waals surface area contributed by atoms with Gasteiger partial charge in [-0.05, 0) is 43.5 Å². The highest BCUT2D eigenvalue weighted by Crippen LogP contribution is 2.29. The van der Waals surface area contributed by atoms with E-state index in [1.165, 1.54) is 0 Å². The van der Waals surface area contributed by atoms with E-state index in [9.17, 15) is 10.1 Å². The predicted molar refractivity (Wildman–Crippen MR) is 100 cm³/mol. The summed E-state index contributed by atoms with van der Waals surface area (Å²) < 4.78 is 22.2. The second-order valence-electron chi connectivity index (χ2n) is 6.80. The molecule has 0 amide bonds. The first-order chi connectivity index (χ1) is 13.1. The molecule has 6 nitrogen and oxygen atoms in total. The number of unbranched alkanes of at least 4 members (excludes halogenated alkanes) is 3. The van der Waals surface area contributed by atoms with E-state index >= 15 is 0 Å². The van der Waals surface area contributed by atoms with Crippen LogP contribution in [-0.2, 0) is 14.3 Å². The summed E-state index contributed by atoms with van der Waals surface area (Å²) in [5, 5.41) is 9.52. The number of ether oxygens (including phenoxy) is 4. The molecule has 27 heavy (non-hydrogen) atoms. The summed E-state index contributed by atoms with van der Waals surface area (Å²) in [5.74, 6) is 0.427. The molecule has 1 aromatic rings. The number of nitriles is 1. The van der Waals surface area contributed by atoms with E-state index in [4.69, 9.17) is 18.9 Å². The van der Waals surface area contributed by atoms with Gasteiger partial charge in [-0.1, -0.05) is 33.1 Å². The third-order valence-electron chi connectivity index (χ3n) is 4.48. The van der Waals surface area contributed by atoms with Crippen LogP contribution in [0.2, 0.25) is 0 Å². The Balaban J connectivity index is 1.87. The molecule has 2 rings (SSSR count). The number of carbonyl (C=O) groups excluding carboxylic acids is 1. The third kappa shape index (κ3) is 6.23. The molecule has 1 fully saturated rings. The van der Waals surface area contributed by atoms with E-state index in [0.717, 1.165) is 44.3 Å². The van der Waals surface area contributed by atoms with Crippen molar-refractivity contribution in [1.82, 2.24) is 0 Å². The van der Waals surface area contributed by atoms with Crippen molar-refractivity contribution < 1.29 is 23.7 Å². The fraction of sp³-hybridized carbons (Fsp3) is 0.619. The first-order valence-corrected chi connectivity index (χ1v) is 9.73. The van der Waals surface area contributed by atoms with Gasteiger partial charge in [-0.2, -0.15) is 5.26 Å². The second-order valence-corrected chi connectivity index (χ2v) is 6.80. The highest BCUT2D eigenvalue weighted by atomic mass is 16.7. The normalized spacial score (nSPS) is 22.0. The average Bonchev–Trinajstić information content (AvgIpc) is 2.70. The molecule has 0 atom stereocenters. The summed E-state index contributed by atoms with van der Waals surface area (Å²) in [6.07, 6.45) is 5.68. The topological polar surface area (TPSA) is 77.8 Å². The van der Waals surface area contributed by atoms with Gasteiger partial charge < -0.3 is 18.9 Å². The predicted octanol–water partition coefficient (Wildman–Crippen LogP) is 4.23. The lowest BCUT2D eigenvalue weighted by molar-refractivity contribution is -0.223. The van der Waals surface area contributed by atoms with Gasteiger partial charge in [-0.15, -0.1) is 0 Å². The summed E-state index contributed by atoms with van der Waals surface area (Å²) in [5.41, 5.74) is -1.43. The van der Waals surface area contributed by atoms with Crippen LogP contribution in [-0.4, -0.2) is 32.1 Å². The lowest BCUT2D eigenvalue weighted by Gasteiger charge is -2.33. The summed E-state index contributed by atoms with van der Waals surface area (Å²) in [4.78, 5) is 12.5. The van der Waals surface area contributed by atoms with E-state index in [0.29, 0.717) is 12.4 Å². The van der Waals surface area contributed by atoms with Gasteiger partial charge in [0, 0.05) is 0 Å². The molecule has 0 radical (unpaired) electrons. The zero-order valence-corrected chi connectivity index (χ0v) is 16.2. The molecule has 6 heteroatoms. The molecule has 0 aliphatic carbocycles. The Hall–Kier alpha value is -2.10. The van der Waals surface area contributed by atoms with Crippen molar-refractivity contribution >= 4 is 5.97 Å². The number of benzene rings is 1. The minimum Gasteiger partial charge on any atom is -0.494 e. The zero-order chi connectivity index (χ0) is 19.5. The van der Waals surface area contributed by atoms with Gasteiger partial charge in [0.05, 0.1) is 25.9 Å². The quantitative estimate of drug-likeness (QED) is 0.346. The van der Waals surface area contributed by atoms with Gasteiger partial charge >= 0.3 is 5.97 Å². The molecule has 0 spiro atoms. The van der Waals surface area contributed by atoms with Crippen molar-refractivity contribution in [3.63, 3.8) is 0 Å². The monoisotopic (exact) mass is 375 g/mol. The largest absolute Gasteiger partial charge is 0.494 e. The van der Waals surface area contributed by atoms with Gasteiger partial charge in [0.25, 0.3) is 0 Å². The molecule has 1 aliphatic heterocycles. The van der Waals surface area contributed by atoms with Crippen LogP contribution in [0.3, 0.4) is 0 Å². The maximum absolute atomic E-state index is 12.5. The van der Waals surface area contributed by atoms with Crippen LogP contribution in [0.5, 0.6) is 11.5 Å². The van der Waals surface area contributed by atoms with Gasteiger partial charge in [0.15, 0.2) is 6.29 Å². The Labute approximate surface area is 161 Å². The number of esters is 1. The minimum absolute atomic E-state index is 0.0165. The lowest BCUT2D eigenvalue weighted by Crippen LogP contribution is -2.48. The lowest BCUT2D eigenvalue weighted by atomic mass is 9.91. The smallest absolute Gasteiger partial charge is 0.336 e. The molecule has 0 saturated carbocycles. The van der Waals surface area contributed by atoms with E-state index < -0.39 is 11.4 Å². The number of hydrogen-bond acceptors (Lipinski definition) is 6. The molecule has 1 aromatic carbocycles. The van der Waals surface area contributed by atoms with Crippen LogP contribution in [0.25, 0.3) is 0 Å². The SMILES string of the molecule is CCCCCC1OCC(C#N)(C(=O)Oc2ccc(OCCCC)cc2)CO1. The van der Waals surface area contributed by atoms with Crippen LogP contribution in [0.4, 0.5) is 0 Å². The highest BCUT2D eigenvalue weighted by Gasteiger charge is 2.46.